The van der Waals surface area contributed by atoms with Crippen LogP contribution in [0, 0.1) is 0 Å². The highest BCUT2D eigenvalue weighted by molar-refractivity contribution is 6.01. The number of nitrogens with zero attached hydrogens (tertiary/aromatic N) is 2. The highest BCUT2D eigenvalue weighted by atomic mass is 19.4. The number of aromatic nitrogens is 2. The summed E-state index contributed by atoms with van der Waals surface area (Å²) < 4.78 is 39.5. The van der Waals surface area contributed by atoms with Crippen LogP contribution in [0.25, 0.3) is 0 Å². The molecule has 8 heteroatoms. The predicted octanol–water partition coefficient (Wildman–Crippen LogP) is 1.96. The summed E-state index contributed by atoms with van der Waals surface area (Å²) in [5, 5.41) is 3.29. The second kappa shape index (κ2) is 5.63. The third-order valence-corrected chi connectivity index (χ3v) is 3.10. The van der Waals surface area contributed by atoms with E-state index in [-0.39, 0.29) is 5.69 Å². The summed E-state index contributed by atoms with van der Waals surface area (Å²) in [4.78, 5) is 23.5. The molecule has 1 aromatic heterocycles. The van der Waals surface area contributed by atoms with Gasteiger partial charge in [0.1, 0.15) is 0 Å². The van der Waals surface area contributed by atoms with E-state index in [0.717, 1.165) is 4.68 Å². The van der Waals surface area contributed by atoms with Gasteiger partial charge in [0.05, 0.1) is 17.7 Å². The lowest BCUT2D eigenvalue weighted by atomic mass is 10.0. The van der Waals surface area contributed by atoms with E-state index in [1.165, 1.54) is 19.2 Å². The Morgan fingerprint density at radius 1 is 1.23 bits per heavy atom. The lowest BCUT2D eigenvalue weighted by Gasteiger charge is -2.06. The standard InChI is InChI=1S/C14H12F3N3O2/c1-20-9(7-10(21)8-5-3-2-4-6-8)11(13(18)22)12(19-20)14(15,16)17/h2-6H,7H2,1H3,(H2,18,22). The molecule has 0 aliphatic carbocycles. The molecule has 0 unspecified atom stereocenters. The van der Waals surface area contributed by atoms with Crippen molar-refractivity contribution in [2.24, 2.45) is 12.8 Å². The van der Waals surface area contributed by atoms with E-state index in [9.17, 15) is 22.8 Å². The maximum absolute atomic E-state index is 12.9. The molecule has 0 bridgehead atoms. The van der Waals surface area contributed by atoms with Crippen molar-refractivity contribution >= 4 is 11.7 Å². The number of hydrogen-bond acceptors (Lipinski definition) is 3. The number of Topliss-reactive ketones (excluding diaryl/α,β-unsaturated/α-hetero) is 1. The van der Waals surface area contributed by atoms with E-state index in [4.69, 9.17) is 5.73 Å². The van der Waals surface area contributed by atoms with Crippen molar-refractivity contribution in [3.63, 3.8) is 0 Å². The molecule has 0 radical (unpaired) electrons. The molecule has 2 aromatic rings. The van der Waals surface area contributed by atoms with Crippen LogP contribution in [0.1, 0.15) is 32.1 Å². The van der Waals surface area contributed by atoms with Gasteiger partial charge in [-0.25, -0.2) is 0 Å². The van der Waals surface area contributed by atoms with E-state index in [1.807, 2.05) is 0 Å². The van der Waals surface area contributed by atoms with Crippen molar-refractivity contribution in [1.82, 2.24) is 9.78 Å². The second-order valence-electron chi connectivity index (χ2n) is 4.62. The van der Waals surface area contributed by atoms with Gasteiger partial charge in [0.2, 0.25) is 0 Å². The number of alkyl halides is 3. The molecule has 1 amide bonds. The Kier molecular flexibility index (Phi) is 4.03. The third-order valence-electron chi connectivity index (χ3n) is 3.10. The van der Waals surface area contributed by atoms with Gasteiger partial charge in [0.25, 0.3) is 5.91 Å². The van der Waals surface area contributed by atoms with Crippen LogP contribution in [0.3, 0.4) is 0 Å². The Morgan fingerprint density at radius 3 is 2.32 bits per heavy atom. The number of ketones is 1. The van der Waals surface area contributed by atoms with Crippen LogP contribution in [0.15, 0.2) is 30.3 Å². The summed E-state index contributed by atoms with van der Waals surface area (Å²) in [6, 6.07) is 8.04. The minimum Gasteiger partial charge on any atom is -0.365 e. The Morgan fingerprint density at radius 2 is 1.82 bits per heavy atom. The van der Waals surface area contributed by atoms with E-state index < -0.39 is 35.5 Å². The minimum absolute atomic E-state index is 0.159. The van der Waals surface area contributed by atoms with Crippen molar-refractivity contribution in [2.75, 3.05) is 0 Å². The summed E-state index contributed by atoms with van der Waals surface area (Å²) in [6.07, 6.45) is -5.22. The first-order chi connectivity index (χ1) is 10.2. The van der Waals surface area contributed by atoms with Crippen LogP contribution in [0.2, 0.25) is 0 Å². The minimum atomic E-state index is -4.82. The molecule has 0 atom stereocenters. The number of carbonyl (C=O) groups excluding carboxylic acids is 2. The van der Waals surface area contributed by atoms with Gasteiger partial charge in [0.15, 0.2) is 11.5 Å². The van der Waals surface area contributed by atoms with Crippen LogP contribution in [-0.2, 0) is 19.6 Å². The fraction of sp³-hybridized carbons (Fsp3) is 0.214. The molecule has 0 spiro atoms. The van der Waals surface area contributed by atoms with Crippen LogP contribution in [-0.4, -0.2) is 21.5 Å². The van der Waals surface area contributed by atoms with Crippen molar-refractivity contribution in [3.05, 3.63) is 52.8 Å². The molecule has 0 saturated heterocycles. The smallest absolute Gasteiger partial charge is 0.365 e. The summed E-state index contributed by atoms with van der Waals surface area (Å²) in [5.41, 5.74) is 3.06. The van der Waals surface area contributed by atoms with Crippen molar-refractivity contribution in [3.8, 4) is 0 Å². The topological polar surface area (TPSA) is 78.0 Å². The highest BCUT2D eigenvalue weighted by Gasteiger charge is 2.40. The van der Waals surface area contributed by atoms with E-state index >= 15 is 0 Å². The first kappa shape index (κ1) is 15.7. The highest BCUT2D eigenvalue weighted by Crippen LogP contribution is 2.32. The van der Waals surface area contributed by atoms with Gasteiger partial charge in [-0.05, 0) is 0 Å². The molecule has 2 N–H and O–H groups in total. The molecule has 1 aromatic carbocycles. The molecule has 0 aliphatic heterocycles. The van der Waals surface area contributed by atoms with Gasteiger partial charge in [-0.15, -0.1) is 0 Å². The molecule has 0 aliphatic rings. The Bertz CT molecular complexity index is 721. The molecule has 0 saturated carbocycles. The van der Waals surface area contributed by atoms with E-state index in [1.54, 1.807) is 18.2 Å². The number of nitrogens with two attached hydrogens (primary N) is 1. The van der Waals surface area contributed by atoms with E-state index in [2.05, 4.69) is 5.10 Å². The number of amides is 1. The largest absolute Gasteiger partial charge is 0.435 e. The zero-order valence-corrected chi connectivity index (χ0v) is 11.5. The average molecular weight is 311 g/mol. The predicted molar refractivity (Wildman–Crippen MR) is 71.2 cm³/mol. The Hall–Kier alpha value is -2.64. The zero-order valence-electron chi connectivity index (χ0n) is 11.5. The number of rotatable bonds is 4. The number of benzene rings is 1. The second-order valence-corrected chi connectivity index (χ2v) is 4.62. The number of halogens is 3. The van der Waals surface area contributed by atoms with Gasteiger partial charge in [-0.1, -0.05) is 30.3 Å². The quantitative estimate of drug-likeness (QED) is 0.877. The van der Waals surface area contributed by atoms with Crippen LogP contribution < -0.4 is 5.73 Å². The molecule has 0 fully saturated rings. The molecule has 5 nitrogen and oxygen atoms in total. The van der Waals surface area contributed by atoms with Crippen LogP contribution >= 0.6 is 0 Å². The van der Waals surface area contributed by atoms with E-state index in [0.29, 0.717) is 5.56 Å². The van der Waals surface area contributed by atoms with Crippen molar-refractivity contribution in [2.45, 2.75) is 12.6 Å². The molecule has 116 valence electrons. The third kappa shape index (κ3) is 3.00. The number of aryl methyl sites for hydroxylation is 1. The lowest BCUT2D eigenvalue weighted by molar-refractivity contribution is -0.141. The normalized spacial score (nSPS) is 11.5. The summed E-state index contributed by atoms with van der Waals surface area (Å²) >= 11 is 0. The van der Waals surface area contributed by atoms with Gasteiger partial charge < -0.3 is 5.73 Å². The zero-order chi connectivity index (χ0) is 16.5. The summed E-state index contributed by atoms with van der Waals surface area (Å²) in [7, 11) is 1.23. The molecular formula is C14H12F3N3O2. The first-order valence-electron chi connectivity index (χ1n) is 6.23. The molecular weight excluding hydrogens is 299 g/mol. The van der Waals surface area contributed by atoms with Crippen LogP contribution in [0.4, 0.5) is 13.2 Å². The van der Waals surface area contributed by atoms with Crippen molar-refractivity contribution < 1.29 is 22.8 Å². The summed E-state index contributed by atoms with van der Waals surface area (Å²) in [6.45, 7) is 0. The number of hydrogen-bond donors (Lipinski definition) is 1. The number of carbonyl (C=O) groups is 2. The number of primary amides is 1. The maximum atomic E-state index is 12.9. The fourth-order valence-corrected chi connectivity index (χ4v) is 2.10. The van der Waals surface area contributed by atoms with Gasteiger partial charge in [0, 0.05) is 12.6 Å². The lowest BCUT2D eigenvalue weighted by Crippen LogP contribution is -2.20. The SMILES string of the molecule is Cn1nc(C(F)(F)F)c(C(N)=O)c1CC(=O)c1ccccc1. The maximum Gasteiger partial charge on any atom is 0.435 e. The molecule has 2 rings (SSSR count). The summed E-state index contributed by atoms with van der Waals surface area (Å²) in [5.74, 6) is -1.70. The first-order valence-corrected chi connectivity index (χ1v) is 6.23. The molecule has 1 heterocycles. The van der Waals surface area contributed by atoms with Gasteiger partial charge in [-0.3, -0.25) is 14.3 Å². The average Bonchev–Trinajstić information content (AvgIpc) is 2.77. The van der Waals surface area contributed by atoms with Gasteiger partial charge >= 0.3 is 6.18 Å². The van der Waals surface area contributed by atoms with Crippen LogP contribution in [0.5, 0.6) is 0 Å². The fourth-order valence-electron chi connectivity index (χ4n) is 2.10. The molecule has 22 heavy (non-hydrogen) atoms. The monoisotopic (exact) mass is 311 g/mol. The van der Waals surface area contributed by atoms with Gasteiger partial charge in [-0.2, -0.15) is 18.3 Å². The Balaban J connectivity index is 2.46. The van der Waals surface area contributed by atoms with Crippen molar-refractivity contribution in [1.29, 1.82) is 0 Å². The Labute approximate surface area is 123 Å².